The van der Waals surface area contributed by atoms with Crippen molar-refractivity contribution < 1.29 is 57.5 Å². The van der Waals surface area contributed by atoms with Crippen LogP contribution < -0.4 is 47.9 Å². The molecule has 0 amide bonds. The average molecular weight is 360 g/mol. The molecule has 0 aromatic rings. The first-order valence-corrected chi connectivity index (χ1v) is 8.72. The van der Waals surface area contributed by atoms with E-state index in [1.165, 1.54) is 18.1 Å². The van der Waals surface area contributed by atoms with Gasteiger partial charge in [0.25, 0.3) is 0 Å². The predicted octanol–water partition coefficient (Wildman–Crippen LogP) is -2.99. The SMILES string of the molecule is CC(C)=CCC/C(C)=C/CC/C(C)=C/CC/C(C(=O)[O-])=C(/C)C(=O)[O-].[Li+].[Li+]. The van der Waals surface area contributed by atoms with Gasteiger partial charge in [-0.3, -0.25) is 0 Å². The molecule has 0 aromatic carbocycles. The Kier molecular flexibility index (Phi) is 19.6. The van der Waals surface area contributed by atoms with Crippen LogP contribution in [0.4, 0.5) is 0 Å². The monoisotopic (exact) mass is 360 g/mol. The minimum absolute atomic E-state index is 0. The van der Waals surface area contributed by atoms with E-state index in [4.69, 9.17) is 0 Å². The molecule has 27 heavy (non-hydrogen) atoms. The Labute approximate surface area is 188 Å². The minimum Gasteiger partial charge on any atom is -0.545 e. The Morgan fingerprint density at radius 2 is 1.07 bits per heavy atom. The molecule has 0 saturated heterocycles. The number of rotatable bonds is 11. The van der Waals surface area contributed by atoms with Crippen LogP contribution in [0.5, 0.6) is 0 Å². The van der Waals surface area contributed by atoms with Gasteiger partial charge in [0.1, 0.15) is 0 Å². The van der Waals surface area contributed by atoms with Gasteiger partial charge in [-0.1, -0.05) is 34.9 Å². The Bertz CT molecular complexity index is 595. The summed E-state index contributed by atoms with van der Waals surface area (Å²) in [5.41, 5.74) is 3.42. The van der Waals surface area contributed by atoms with Crippen molar-refractivity contribution in [1.82, 2.24) is 0 Å². The second-order valence-electron chi connectivity index (χ2n) is 6.68. The van der Waals surface area contributed by atoms with Crippen molar-refractivity contribution in [1.29, 1.82) is 0 Å². The molecule has 0 heterocycles. The maximum atomic E-state index is 11.0. The fraction of sp³-hybridized carbons (Fsp3) is 0.524. The predicted molar refractivity (Wildman–Crippen MR) is 97.4 cm³/mol. The molecule has 0 aliphatic carbocycles. The molecule has 0 aliphatic heterocycles. The smallest absolute Gasteiger partial charge is 0.545 e. The standard InChI is InChI=1S/C21H32O4.2Li/c1-15(2)9-6-10-16(3)11-7-12-17(4)13-8-14-19(21(24)25)18(5)20(22)23;;/h9,11,13H,6-8,10,12,14H2,1-5H3,(H,22,23)(H,24,25);;/q;2*+1/p-2/b16-11+,17-13+,19-18+;;. The van der Waals surface area contributed by atoms with E-state index in [1.807, 2.05) is 13.0 Å². The number of hydrogen-bond donors (Lipinski definition) is 0. The first-order chi connectivity index (χ1) is 11.6. The number of carbonyl (C=O) groups is 2. The summed E-state index contributed by atoms with van der Waals surface area (Å²) in [4.78, 5) is 21.8. The molecular weight excluding hydrogens is 330 g/mol. The number of carboxylic acids is 2. The van der Waals surface area contributed by atoms with Gasteiger partial charge in [0.2, 0.25) is 0 Å². The fourth-order valence-electron chi connectivity index (χ4n) is 2.37. The van der Waals surface area contributed by atoms with Crippen molar-refractivity contribution in [3.05, 3.63) is 46.1 Å². The first-order valence-electron chi connectivity index (χ1n) is 8.72. The zero-order valence-corrected chi connectivity index (χ0v) is 18.1. The average Bonchev–Trinajstić information content (AvgIpc) is 2.50. The Morgan fingerprint density at radius 1 is 0.667 bits per heavy atom. The van der Waals surface area contributed by atoms with Crippen molar-refractivity contribution in [2.45, 2.75) is 73.1 Å². The van der Waals surface area contributed by atoms with Gasteiger partial charge >= 0.3 is 37.7 Å². The summed E-state index contributed by atoms with van der Waals surface area (Å²) in [6.45, 7) is 9.57. The molecule has 0 fully saturated rings. The fourth-order valence-corrected chi connectivity index (χ4v) is 2.37. The molecule has 0 radical (unpaired) electrons. The molecule has 0 N–H and O–H groups in total. The maximum absolute atomic E-state index is 11.0. The molecule has 0 bridgehead atoms. The molecule has 6 heteroatoms. The Morgan fingerprint density at radius 3 is 1.44 bits per heavy atom. The van der Waals surface area contributed by atoms with Crippen LogP contribution in [0.25, 0.3) is 0 Å². The van der Waals surface area contributed by atoms with Gasteiger partial charge in [-0.2, -0.15) is 0 Å². The van der Waals surface area contributed by atoms with Crippen LogP contribution in [-0.4, -0.2) is 11.9 Å². The molecule has 0 atom stereocenters. The van der Waals surface area contributed by atoms with E-state index in [0.29, 0.717) is 6.42 Å². The second kappa shape index (κ2) is 17.2. The molecule has 4 nitrogen and oxygen atoms in total. The molecule has 0 aromatic heterocycles. The molecule has 0 rings (SSSR count). The third-order valence-electron chi connectivity index (χ3n) is 4.02. The summed E-state index contributed by atoms with van der Waals surface area (Å²) in [6, 6.07) is 0. The van der Waals surface area contributed by atoms with Gasteiger partial charge in [0.05, 0.1) is 11.9 Å². The topological polar surface area (TPSA) is 80.3 Å². The molecule has 0 saturated carbocycles. The third kappa shape index (κ3) is 15.8. The molecule has 140 valence electrons. The largest absolute Gasteiger partial charge is 1.00 e. The van der Waals surface area contributed by atoms with Crippen LogP contribution >= 0.6 is 0 Å². The van der Waals surface area contributed by atoms with Crippen LogP contribution in [0.15, 0.2) is 46.1 Å². The van der Waals surface area contributed by atoms with E-state index in [9.17, 15) is 19.8 Å². The maximum Gasteiger partial charge on any atom is 1.00 e. The number of allylic oxidation sites excluding steroid dienone is 6. The van der Waals surface area contributed by atoms with Crippen LogP contribution in [0.3, 0.4) is 0 Å². The van der Waals surface area contributed by atoms with Crippen molar-refractivity contribution >= 4 is 11.9 Å². The Balaban J connectivity index is -0.00000288. The second-order valence-corrected chi connectivity index (χ2v) is 6.68. The summed E-state index contributed by atoms with van der Waals surface area (Å²) in [7, 11) is 0. The van der Waals surface area contributed by atoms with Crippen LogP contribution in [-0.2, 0) is 9.59 Å². The van der Waals surface area contributed by atoms with E-state index >= 15 is 0 Å². The van der Waals surface area contributed by atoms with Crippen molar-refractivity contribution in [3.8, 4) is 0 Å². The number of carboxylic acid groups (broad SMARTS) is 2. The van der Waals surface area contributed by atoms with Crippen LogP contribution in [0, 0.1) is 0 Å². The Hall–Kier alpha value is -0.905. The van der Waals surface area contributed by atoms with Gasteiger partial charge < -0.3 is 19.8 Å². The van der Waals surface area contributed by atoms with Gasteiger partial charge in [-0.15, -0.1) is 0 Å². The van der Waals surface area contributed by atoms with Crippen LogP contribution in [0.1, 0.15) is 73.1 Å². The van der Waals surface area contributed by atoms with Gasteiger partial charge in [0.15, 0.2) is 0 Å². The van der Waals surface area contributed by atoms with E-state index in [2.05, 4.69) is 32.9 Å². The van der Waals surface area contributed by atoms with Gasteiger partial charge in [-0.25, -0.2) is 0 Å². The van der Waals surface area contributed by atoms with Gasteiger partial charge in [-0.05, 0) is 84.3 Å². The first kappa shape index (κ1) is 30.8. The summed E-state index contributed by atoms with van der Waals surface area (Å²) < 4.78 is 0. The summed E-state index contributed by atoms with van der Waals surface area (Å²) in [5, 5.41) is 21.8. The molecule has 0 aliphatic rings. The number of aliphatic carboxylic acids is 2. The van der Waals surface area contributed by atoms with E-state index in [0.717, 1.165) is 31.3 Å². The zero-order chi connectivity index (χ0) is 19.4. The van der Waals surface area contributed by atoms with E-state index in [1.54, 1.807) is 0 Å². The number of hydrogen-bond acceptors (Lipinski definition) is 4. The third-order valence-corrected chi connectivity index (χ3v) is 4.02. The summed E-state index contributed by atoms with van der Waals surface area (Å²) in [5.74, 6) is -2.91. The zero-order valence-electron chi connectivity index (χ0n) is 18.1. The van der Waals surface area contributed by atoms with E-state index < -0.39 is 11.9 Å². The molecule has 0 unspecified atom stereocenters. The van der Waals surface area contributed by atoms with Crippen molar-refractivity contribution in [2.75, 3.05) is 0 Å². The van der Waals surface area contributed by atoms with Crippen LogP contribution in [0.2, 0.25) is 0 Å². The normalized spacial score (nSPS) is 12.3. The van der Waals surface area contributed by atoms with Crippen molar-refractivity contribution in [3.63, 3.8) is 0 Å². The number of carbonyl (C=O) groups excluding carboxylic acids is 2. The van der Waals surface area contributed by atoms with Crippen molar-refractivity contribution in [2.24, 2.45) is 0 Å². The summed E-state index contributed by atoms with van der Waals surface area (Å²) in [6.07, 6.45) is 11.0. The van der Waals surface area contributed by atoms with E-state index in [-0.39, 0.29) is 55.3 Å². The quantitative estimate of drug-likeness (QED) is 0.224. The molecule has 0 spiro atoms. The minimum atomic E-state index is -1.46. The van der Waals surface area contributed by atoms with Gasteiger partial charge in [0, 0.05) is 0 Å². The summed E-state index contributed by atoms with van der Waals surface area (Å²) >= 11 is 0. The molecular formula is C21H30Li2O4.